The Kier molecular flexibility index (Phi) is 2.45. The fourth-order valence-electron chi connectivity index (χ4n) is 2.90. The summed E-state index contributed by atoms with van der Waals surface area (Å²) in [7, 11) is 0. The quantitative estimate of drug-likeness (QED) is 0.350. The molecule has 4 aromatic rings. The highest BCUT2D eigenvalue weighted by Crippen LogP contribution is 2.36. The summed E-state index contributed by atoms with van der Waals surface area (Å²) in [5.74, 6) is -0.375. The first-order chi connectivity index (χ1) is 9.75. The molecular formula is C18H10ClF. The minimum atomic E-state index is -0.375. The Morgan fingerprint density at radius 3 is 1.50 bits per heavy atom. The minimum absolute atomic E-state index is 0.165. The van der Waals surface area contributed by atoms with Gasteiger partial charge in [-0.3, -0.25) is 0 Å². The van der Waals surface area contributed by atoms with Gasteiger partial charge in [-0.2, -0.15) is 0 Å². The molecule has 0 saturated carbocycles. The lowest BCUT2D eigenvalue weighted by Gasteiger charge is -2.10. The van der Waals surface area contributed by atoms with Gasteiger partial charge in [-0.25, -0.2) is 4.39 Å². The van der Waals surface area contributed by atoms with Gasteiger partial charge in [0, 0.05) is 0 Å². The van der Waals surface area contributed by atoms with Crippen molar-refractivity contribution in [2.24, 2.45) is 0 Å². The molecule has 0 saturated heterocycles. The standard InChI is InChI=1S/C18H10ClF/c19-17-9-15-13-7-3-1-5-11(13)12-6-2-4-8-14(12)16(15)10-18(17)20/h1-10H. The number of benzene rings is 4. The molecule has 0 unspecified atom stereocenters. The van der Waals surface area contributed by atoms with E-state index in [1.54, 1.807) is 6.07 Å². The third-order valence-corrected chi connectivity index (χ3v) is 4.07. The molecule has 0 atom stereocenters. The van der Waals surface area contributed by atoms with Crippen molar-refractivity contribution < 1.29 is 4.39 Å². The Morgan fingerprint density at radius 2 is 1.00 bits per heavy atom. The van der Waals surface area contributed by atoms with Crippen LogP contribution in [0.15, 0.2) is 60.7 Å². The molecule has 0 heterocycles. The van der Waals surface area contributed by atoms with Crippen LogP contribution in [0, 0.1) is 5.82 Å². The van der Waals surface area contributed by atoms with Gasteiger partial charge in [0.25, 0.3) is 0 Å². The van der Waals surface area contributed by atoms with Crippen molar-refractivity contribution in [2.45, 2.75) is 0 Å². The molecule has 0 radical (unpaired) electrons. The summed E-state index contributed by atoms with van der Waals surface area (Å²) in [6, 6.07) is 19.5. The predicted molar refractivity (Wildman–Crippen MR) is 83.9 cm³/mol. The molecule has 0 aliphatic heterocycles. The first-order valence-corrected chi connectivity index (χ1v) is 6.82. The number of hydrogen-bond acceptors (Lipinski definition) is 0. The number of rotatable bonds is 0. The van der Waals surface area contributed by atoms with Gasteiger partial charge in [-0.15, -0.1) is 0 Å². The van der Waals surface area contributed by atoms with E-state index in [0.717, 1.165) is 26.9 Å². The van der Waals surface area contributed by atoms with Crippen LogP contribution in [0.2, 0.25) is 5.02 Å². The van der Waals surface area contributed by atoms with Crippen LogP contribution in [-0.4, -0.2) is 0 Å². The normalized spacial score (nSPS) is 11.5. The summed E-state index contributed by atoms with van der Waals surface area (Å²) in [4.78, 5) is 0. The summed E-state index contributed by atoms with van der Waals surface area (Å²) in [6.07, 6.45) is 0. The van der Waals surface area contributed by atoms with Crippen LogP contribution >= 0.6 is 11.6 Å². The van der Waals surface area contributed by atoms with Crippen LogP contribution in [0.1, 0.15) is 0 Å². The summed E-state index contributed by atoms with van der Waals surface area (Å²) in [5.41, 5.74) is 0. The molecular weight excluding hydrogens is 271 g/mol. The van der Waals surface area contributed by atoms with Crippen LogP contribution in [0.5, 0.6) is 0 Å². The maximum atomic E-state index is 13.8. The Bertz CT molecular complexity index is 893. The lowest BCUT2D eigenvalue weighted by atomic mass is 9.94. The van der Waals surface area contributed by atoms with Gasteiger partial charge in [0.15, 0.2) is 0 Å². The van der Waals surface area contributed by atoms with Crippen molar-refractivity contribution in [3.63, 3.8) is 0 Å². The van der Waals surface area contributed by atoms with Gasteiger partial charge >= 0.3 is 0 Å². The highest BCUT2D eigenvalue weighted by molar-refractivity contribution is 6.33. The van der Waals surface area contributed by atoms with E-state index >= 15 is 0 Å². The molecule has 4 aromatic carbocycles. The van der Waals surface area contributed by atoms with Crippen molar-refractivity contribution in [2.75, 3.05) is 0 Å². The molecule has 0 nitrogen and oxygen atoms in total. The fourth-order valence-corrected chi connectivity index (χ4v) is 3.06. The summed E-state index contributed by atoms with van der Waals surface area (Å²) < 4.78 is 13.8. The zero-order valence-corrected chi connectivity index (χ0v) is 11.3. The maximum absolute atomic E-state index is 13.8. The lowest BCUT2D eigenvalue weighted by Crippen LogP contribution is -1.85. The third-order valence-electron chi connectivity index (χ3n) is 3.79. The second-order valence-electron chi connectivity index (χ2n) is 4.90. The summed E-state index contributed by atoms with van der Waals surface area (Å²) in [6.45, 7) is 0. The lowest BCUT2D eigenvalue weighted by molar-refractivity contribution is 0.630. The van der Waals surface area contributed by atoms with Gasteiger partial charge in [0.2, 0.25) is 0 Å². The van der Waals surface area contributed by atoms with E-state index < -0.39 is 0 Å². The van der Waals surface area contributed by atoms with Crippen LogP contribution in [0.25, 0.3) is 32.3 Å². The number of hydrogen-bond donors (Lipinski definition) is 0. The first-order valence-electron chi connectivity index (χ1n) is 6.44. The van der Waals surface area contributed by atoms with Gasteiger partial charge in [0.05, 0.1) is 5.02 Å². The average molecular weight is 281 g/mol. The molecule has 96 valence electrons. The summed E-state index contributed by atoms with van der Waals surface area (Å²) in [5, 5.41) is 6.51. The largest absolute Gasteiger partial charge is 0.205 e. The highest BCUT2D eigenvalue weighted by Gasteiger charge is 2.10. The summed E-state index contributed by atoms with van der Waals surface area (Å²) >= 11 is 5.96. The van der Waals surface area contributed by atoms with Gasteiger partial charge in [-0.1, -0.05) is 60.1 Å². The topological polar surface area (TPSA) is 0 Å². The zero-order chi connectivity index (χ0) is 13.7. The maximum Gasteiger partial charge on any atom is 0.142 e. The number of halogens is 2. The highest BCUT2D eigenvalue weighted by atomic mass is 35.5. The van der Waals surface area contributed by atoms with Crippen LogP contribution < -0.4 is 0 Å². The third kappa shape index (κ3) is 1.53. The predicted octanol–water partition coefficient (Wildman–Crippen LogP) is 5.94. The smallest absolute Gasteiger partial charge is 0.142 e. The second-order valence-corrected chi connectivity index (χ2v) is 5.31. The molecule has 0 amide bonds. The van der Waals surface area contributed by atoms with E-state index in [1.807, 2.05) is 30.3 Å². The molecule has 0 bridgehead atoms. The van der Waals surface area contributed by atoms with Crippen molar-refractivity contribution in [3.05, 3.63) is 71.5 Å². The van der Waals surface area contributed by atoms with E-state index in [2.05, 4.69) is 18.2 Å². The van der Waals surface area contributed by atoms with E-state index in [9.17, 15) is 4.39 Å². The van der Waals surface area contributed by atoms with Crippen LogP contribution in [-0.2, 0) is 0 Å². The SMILES string of the molecule is Fc1cc2c3ccccc3c3ccccc3c2cc1Cl. The van der Waals surface area contributed by atoms with Crippen molar-refractivity contribution in [1.82, 2.24) is 0 Å². The van der Waals surface area contributed by atoms with Crippen molar-refractivity contribution in [3.8, 4) is 0 Å². The molecule has 0 spiro atoms. The van der Waals surface area contributed by atoms with E-state index in [1.165, 1.54) is 11.5 Å². The van der Waals surface area contributed by atoms with E-state index in [0.29, 0.717) is 0 Å². The fraction of sp³-hybridized carbons (Fsp3) is 0. The van der Waals surface area contributed by atoms with Gasteiger partial charge in [0.1, 0.15) is 5.82 Å². The van der Waals surface area contributed by atoms with E-state index in [-0.39, 0.29) is 10.8 Å². The van der Waals surface area contributed by atoms with Gasteiger partial charge < -0.3 is 0 Å². The molecule has 0 fully saturated rings. The average Bonchev–Trinajstić information content (AvgIpc) is 2.49. The molecule has 0 aromatic heterocycles. The molecule has 0 aliphatic carbocycles. The molecule has 2 heteroatoms. The zero-order valence-electron chi connectivity index (χ0n) is 10.5. The van der Waals surface area contributed by atoms with Crippen LogP contribution in [0.4, 0.5) is 4.39 Å². The van der Waals surface area contributed by atoms with Gasteiger partial charge in [-0.05, 0) is 44.5 Å². The Hall–Kier alpha value is -2.12. The van der Waals surface area contributed by atoms with Crippen molar-refractivity contribution >= 4 is 43.9 Å². The second kappa shape index (κ2) is 4.19. The van der Waals surface area contributed by atoms with E-state index in [4.69, 9.17) is 11.6 Å². The molecule has 0 aliphatic rings. The van der Waals surface area contributed by atoms with Crippen molar-refractivity contribution in [1.29, 1.82) is 0 Å². The molecule has 20 heavy (non-hydrogen) atoms. The molecule has 4 rings (SSSR count). The monoisotopic (exact) mass is 280 g/mol. The Balaban J connectivity index is 2.42. The Labute approximate surface area is 120 Å². The van der Waals surface area contributed by atoms with Crippen LogP contribution in [0.3, 0.4) is 0 Å². The Morgan fingerprint density at radius 1 is 0.600 bits per heavy atom. The molecule has 0 N–H and O–H groups in total. The number of fused-ring (bicyclic) bond motifs is 6. The minimum Gasteiger partial charge on any atom is -0.205 e. The first kappa shape index (κ1) is 11.7.